The molecule has 8 heavy (non-hydrogen) atoms. The SMILES string of the molecule is CC(F)[C@@H](C)C1CC1. The van der Waals surface area contributed by atoms with Crippen LogP contribution in [0.15, 0.2) is 0 Å². The van der Waals surface area contributed by atoms with Crippen molar-refractivity contribution in [3.8, 4) is 0 Å². The van der Waals surface area contributed by atoms with Gasteiger partial charge in [0.05, 0.1) is 0 Å². The first-order valence-electron chi connectivity index (χ1n) is 3.36. The molecule has 0 bridgehead atoms. The second-order valence-electron chi connectivity index (χ2n) is 2.87. The Balaban J connectivity index is 2.22. The molecule has 0 saturated heterocycles. The standard InChI is InChI=1S/C7H13F/c1-5(6(2)8)7-3-4-7/h5-7H,3-4H2,1-2H3/t5-,6?/m1/s1. The highest BCUT2D eigenvalue weighted by Gasteiger charge is 2.31. The van der Waals surface area contributed by atoms with Crippen LogP contribution in [0.4, 0.5) is 4.39 Å². The van der Waals surface area contributed by atoms with Gasteiger partial charge >= 0.3 is 0 Å². The molecule has 1 unspecified atom stereocenters. The van der Waals surface area contributed by atoms with Gasteiger partial charge in [0.25, 0.3) is 0 Å². The first-order valence-corrected chi connectivity index (χ1v) is 3.36. The molecule has 1 aliphatic carbocycles. The molecule has 0 amide bonds. The van der Waals surface area contributed by atoms with E-state index in [0.29, 0.717) is 5.92 Å². The first kappa shape index (κ1) is 6.06. The molecule has 1 heteroatoms. The van der Waals surface area contributed by atoms with E-state index in [-0.39, 0.29) is 0 Å². The van der Waals surface area contributed by atoms with E-state index >= 15 is 0 Å². The molecular weight excluding hydrogens is 103 g/mol. The van der Waals surface area contributed by atoms with E-state index in [1.165, 1.54) is 12.8 Å². The second kappa shape index (κ2) is 2.04. The van der Waals surface area contributed by atoms with Crippen molar-refractivity contribution < 1.29 is 4.39 Å². The van der Waals surface area contributed by atoms with Crippen molar-refractivity contribution in [1.29, 1.82) is 0 Å². The lowest BCUT2D eigenvalue weighted by atomic mass is 10.0. The van der Waals surface area contributed by atoms with Crippen molar-refractivity contribution in [2.24, 2.45) is 11.8 Å². The van der Waals surface area contributed by atoms with Gasteiger partial charge in [0, 0.05) is 0 Å². The molecule has 1 saturated carbocycles. The zero-order valence-corrected chi connectivity index (χ0v) is 5.52. The predicted molar refractivity (Wildman–Crippen MR) is 32.5 cm³/mol. The maximum absolute atomic E-state index is 12.4. The summed E-state index contributed by atoms with van der Waals surface area (Å²) in [6.45, 7) is 3.66. The number of alkyl halides is 1. The van der Waals surface area contributed by atoms with Gasteiger partial charge in [0.15, 0.2) is 0 Å². The van der Waals surface area contributed by atoms with Crippen LogP contribution in [0.2, 0.25) is 0 Å². The van der Waals surface area contributed by atoms with Gasteiger partial charge in [-0.2, -0.15) is 0 Å². The summed E-state index contributed by atoms with van der Waals surface area (Å²) in [6.07, 6.45) is 1.92. The van der Waals surface area contributed by atoms with Crippen molar-refractivity contribution in [2.75, 3.05) is 0 Å². The van der Waals surface area contributed by atoms with E-state index in [2.05, 4.69) is 0 Å². The molecular formula is C7H13F. The Kier molecular flexibility index (Phi) is 1.54. The largest absolute Gasteiger partial charge is 0.247 e. The average Bonchev–Trinajstić information content (AvgIpc) is 2.43. The van der Waals surface area contributed by atoms with Crippen molar-refractivity contribution in [3.63, 3.8) is 0 Å². The summed E-state index contributed by atoms with van der Waals surface area (Å²) in [6, 6.07) is 0. The van der Waals surface area contributed by atoms with Gasteiger partial charge in [-0.15, -0.1) is 0 Å². The molecule has 0 heterocycles. The van der Waals surface area contributed by atoms with Crippen LogP contribution in [0.25, 0.3) is 0 Å². The monoisotopic (exact) mass is 116 g/mol. The van der Waals surface area contributed by atoms with Crippen LogP contribution in [-0.2, 0) is 0 Å². The van der Waals surface area contributed by atoms with Gasteiger partial charge in [-0.25, -0.2) is 4.39 Å². The Morgan fingerprint density at radius 3 is 2.00 bits per heavy atom. The second-order valence-corrected chi connectivity index (χ2v) is 2.87. The van der Waals surface area contributed by atoms with E-state index in [9.17, 15) is 4.39 Å². The van der Waals surface area contributed by atoms with E-state index in [0.717, 1.165) is 5.92 Å². The number of halogens is 1. The summed E-state index contributed by atoms with van der Waals surface area (Å²) in [5.41, 5.74) is 0. The molecule has 1 fully saturated rings. The first-order chi connectivity index (χ1) is 3.72. The van der Waals surface area contributed by atoms with Crippen molar-refractivity contribution in [2.45, 2.75) is 32.9 Å². The molecule has 48 valence electrons. The number of hydrogen-bond acceptors (Lipinski definition) is 0. The Labute approximate surface area is 50.1 Å². The fourth-order valence-electron chi connectivity index (χ4n) is 0.997. The zero-order valence-electron chi connectivity index (χ0n) is 5.52. The van der Waals surface area contributed by atoms with E-state index in [4.69, 9.17) is 0 Å². The van der Waals surface area contributed by atoms with Gasteiger partial charge in [0.1, 0.15) is 6.17 Å². The lowest BCUT2D eigenvalue weighted by Gasteiger charge is -2.09. The van der Waals surface area contributed by atoms with Crippen LogP contribution in [0.1, 0.15) is 26.7 Å². The predicted octanol–water partition coefficient (Wildman–Crippen LogP) is 2.39. The van der Waals surface area contributed by atoms with Crippen LogP contribution in [0.3, 0.4) is 0 Å². The average molecular weight is 116 g/mol. The fraction of sp³-hybridized carbons (Fsp3) is 1.00. The third kappa shape index (κ3) is 1.21. The minimum Gasteiger partial charge on any atom is -0.247 e. The van der Waals surface area contributed by atoms with E-state index in [1.807, 2.05) is 6.92 Å². The summed E-state index contributed by atoms with van der Waals surface area (Å²) in [4.78, 5) is 0. The minimum atomic E-state index is -0.595. The maximum atomic E-state index is 12.4. The highest BCUT2D eigenvalue weighted by atomic mass is 19.1. The van der Waals surface area contributed by atoms with Crippen molar-refractivity contribution >= 4 is 0 Å². The summed E-state index contributed by atoms with van der Waals surface area (Å²) in [7, 11) is 0. The van der Waals surface area contributed by atoms with Crippen molar-refractivity contribution in [1.82, 2.24) is 0 Å². The van der Waals surface area contributed by atoms with Gasteiger partial charge in [-0.1, -0.05) is 6.92 Å². The molecule has 0 radical (unpaired) electrons. The Morgan fingerprint density at radius 1 is 1.38 bits per heavy atom. The maximum Gasteiger partial charge on any atom is 0.100 e. The molecule has 0 aliphatic heterocycles. The summed E-state index contributed by atoms with van der Waals surface area (Å²) in [5, 5.41) is 0. The molecule has 0 aromatic rings. The van der Waals surface area contributed by atoms with Crippen LogP contribution in [-0.4, -0.2) is 6.17 Å². The smallest absolute Gasteiger partial charge is 0.100 e. The van der Waals surface area contributed by atoms with Crippen molar-refractivity contribution in [3.05, 3.63) is 0 Å². The molecule has 0 spiro atoms. The van der Waals surface area contributed by atoms with Crippen LogP contribution < -0.4 is 0 Å². The highest BCUT2D eigenvalue weighted by molar-refractivity contribution is 4.81. The third-order valence-electron chi connectivity index (χ3n) is 2.09. The quantitative estimate of drug-likeness (QED) is 0.519. The number of hydrogen-bond donors (Lipinski definition) is 0. The summed E-state index contributed by atoms with van der Waals surface area (Å²) < 4.78 is 12.4. The fourth-order valence-corrected chi connectivity index (χ4v) is 0.997. The van der Waals surface area contributed by atoms with E-state index in [1.54, 1.807) is 6.92 Å². The molecule has 0 aromatic carbocycles. The Hall–Kier alpha value is -0.0700. The molecule has 0 nitrogen and oxygen atoms in total. The van der Waals surface area contributed by atoms with Gasteiger partial charge in [-0.3, -0.25) is 0 Å². The molecule has 0 N–H and O–H groups in total. The topological polar surface area (TPSA) is 0 Å². The van der Waals surface area contributed by atoms with Gasteiger partial charge in [-0.05, 0) is 31.6 Å². The zero-order chi connectivity index (χ0) is 6.15. The highest BCUT2D eigenvalue weighted by Crippen LogP contribution is 2.38. The minimum absolute atomic E-state index is 0.315. The third-order valence-corrected chi connectivity index (χ3v) is 2.09. The van der Waals surface area contributed by atoms with Gasteiger partial charge in [0.2, 0.25) is 0 Å². The molecule has 1 aliphatic rings. The lowest BCUT2D eigenvalue weighted by Crippen LogP contribution is -2.09. The molecule has 1 rings (SSSR count). The van der Waals surface area contributed by atoms with Gasteiger partial charge < -0.3 is 0 Å². The van der Waals surface area contributed by atoms with Crippen LogP contribution in [0.5, 0.6) is 0 Å². The number of rotatable bonds is 2. The lowest BCUT2D eigenvalue weighted by molar-refractivity contribution is 0.242. The molecule has 2 atom stereocenters. The Morgan fingerprint density at radius 2 is 1.88 bits per heavy atom. The normalized spacial score (nSPS) is 27.4. The molecule has 0 aromatic heterocycles. The summed E-state index contributed by atoms with van der Waals surface area (Å²) >= 11 is 0. The summed E-state index contributed by atoms with van der Waals surface area (Å²) in [5.74, 6) is 1.03. The van der Waals surface area contributed by atoms with Crippen LogP contribution >= 0.6 is 0 Å². The van der Waals surface area contributed by atoms with Crippen LogP contribution in [0, 0.1) is 11.8 Å². The van der Waals surface area contributed by atoms with E-state index < -0.39 is 6.17 Å². The Bertz CT molecular complexity index is 72.5.